The van der Waals surface area contributed by atoms with Crippen molar-refractivity contribution in [3.63, 3.8) is 0 Å². The van der Waals surface area contributed by atoms with Crippen LogP contribution in [0.1, 0.15) is 35.3 Å². The maximum atomic E-state index is 12.8. The molecule has 0 atom stereocenters. The van der Waals surface area contributed by atoms with Gasteiger partial charge >= 0.3 is 0 Å². The molecule has 30 heavy (non-hydrogen) atoms. The number of hydrogen-bond donors (Lipinski definition) is 3. The molecular formula is C19H15F2N5O3S. The number of aromatic nitrogens is 3. The first kappa shape index (κ1) is 19.7. The molecule has 4 aromatic rings. The zero-order valence-corrected chi connectivity index (χ0v) is 16.3. The van der Waals surface area contributed by atoms with Crippen molar-refractivity contribution in [2.24, 2.45) is 0 Å². The normalized spacial score (nSPS) is 11.2. The van der Waals surface area contributed by atoms with Gasteiger partial charge in [-0.25, -0.2) is 18.7 Å². The largest absolute Gasteiger partial charge is 0.458 e. The number of nitrogens with zero attached hydrogens (tertiary/aromatic N) is 2. The van der Waals surface area contributed by atoms with Crippen molar-refractivity contribution in [3.05, 3.63) is 52.9 Å². The van der Waals surface area contributed by atoms with Crippen LogP contribution in [-0.4, -0.2) is 26.8 Å². The highest BCUT2D eigenvalue weighted by Gasteiger charge is 2.16. The van der Waals surface area contributed by atoms with E-state index in [-0.39, 0.29) is 18.0 Å². The number of benzene rings is 1. The standard InChI is InChI=1S/C19H15F2N5O3S/c1-9(27)22-7-11-3-5-15(29-11)14-8-30-19(25-14)26-18(28)10-2-4-12-13(6-10)24-17(23-12)16(20)21/h2-6,8,16H,7H2,1H3,(H,22,27)(H,23,24)(H,25,26,28). The van der Waals surface area contributed by atoms with Gasteiger partial charge in [0.2, 0.25) is 5.91 Å². The maximum Gasteiger partial charge on any atom is 0.295 e. The van der Waals surface area contributed by atoms with Crippen LogP contribution in [0, 0.1) is 0 Å². The minimum Gasteiger partial charge on any atom is -0.458 e. The van der Waals surface area contributed by atoms with E-state index in [4.69, 9.17) is 4.42 Å². The first-order valence-corrected chi connectivity index (χ1v) is 9.65. The van der Waals surface area contributed by atoms with Crippen LogP contribution in [-0.2, 0) is 11.3 Å². The number of anilines is 1. The van der Waals surface area contributed by atoms with E-state index in [0.29, 0.717) is 33.4 Å². The number of furan rings is 1. The lowest BCUT2D eigenvalue weighted by Gasteiger charge is -2.01. The number of aromatic amines is 1. The Morgan fingerprint density at radius 3 is 2.83 bits per heavy atom. The summed E-state index contributed by atoms with van der Waals surface area (Å²) in [4.78, 5) is 34.1. The third-order valence-electron chi connectivity index (χ3n) is 4.12. The van der Waals surface area contributed by atoms with Crippen molar-refractivity contribution in [3.8, 4) is 11.5 Å². The molecule has 0 radical (unpaired) electrons. The average Bonchev–Trinajstić information content (AvgIpc) is 3.44. The number of fused-ring (bicyclic) bond motifs is 1. The van der Waals surface area contributed by atoms with Crippen molar-refractivity contribution in [1.29, 1.82) is 0 Å². The van der Waals surface area contributed by atoms with Crippen molar-refractivity contribution in [2.45, 2.75) is 19.9 Å². The van der Waals surface area contributed by atoms with E-state index in [9.17, 15) is 18.4 Å². The third kappa shape index (κ3) is 4.20. The van der Waals surface area contributed by atoms with Gasteiger partial charge in [-0.1, -0.05) is 0 Å². The predicted octanol–water partition coefficient (Wildman–Crippen LogP) is 4.11. The average molecular weight is 431 g/mol. The van der Waals surface area contributed by atoms with Gasteiger partial charge in [-0.2, -0.15) is 0 Å². The molecule has 0 aliphatic heterocycles. The summed E-state index contributed by atoms with van der Waals surface area (Å²) < 4.78 is 31.2. The first-order chi connectivity index (χ1) is 14.4. The van der Waals surface area contributed by atoms with Gasteiger partial charge in [0.15, 0.2) is 16.7 Å². The molecule has 4 rings (SSSR count). The van der Waals surface area contributed by atoms with Crippen LogP contribution in [0.3, 0.4) is 0 Å². The summed E-state index contributed by atoms with van der Waals surface area (Å²) in [6.45, 7) is 1.69. The quantitative estimate of drug-likeness (QED) is 0.425. The summed E-state index contributed by atoms with van der Waals surface area (Å²) in [5, 5.41) is 7.40. The SMILES string of the molecule is CC(=O)NCc1ccc(-c2csc(NC(=O)c3ccc4nc(C(F)F)[nH]c4c3)n2)o1. The summed E-state index contributed by atoms with van der Waals surface area (Å²) in [6.07, 6.45) is -2.72. The number of rotatable bonds is 6. The summed E-state index contributed by atoms with van der Waals surface area (Å²) in [7, 11) is 0. The Labute approximate surface area is 172 Å². The zero-order chi connectivity index (χ0) is 21.3. The highest BCUT2D eigenvalue weighted by molar-refractivity contribution is 7.14. The van der Waals surface area contributed by atoms with Crippen molar-refractivity contribution < 1.29 is 22.8 Å². The van der Waals surface area contributed by atoms with E-state index in [1.807, 2.05) is 0 Å². The molecule has 0 unspecified atom stereocenters. The topological polar surface area (TPSA) is 113 Å². The molecule has 1 aromatic carbocycles. The molecule has 3 aromatic heterocycles. The van der Waals surface area contributed by atoms with Gasteiger partial charge in [0, 0.05) is 17.9 Å². The lowest BCUT2D eigenvalue weighted by Crippen LogP contribution is -2.18. The van der Waals surface area contributed by atoms with Gasteiger partial charge in [-0.05, 0) is 30.3 Å². The van der Waals surface area contributed by atoms with Crippen LogP contribution in [0.4, 0.5) is 13.9 Å². The Kier molecular flexibility index (Phi) is 5.27. The summed E-state index contributed by atoms with van der Waals surface area (Å²) in [5.41, 5.74) is 1.51. The van der Waals surface area contributed by atoms with E-state index in [2.05, 4.69) is 25.6 Å². The lowest BCUT2D eigenvalue weighted by atomic mass is 10.2. The highest BCUT2D eigenvalue weighted by Crippen LogP contribution is 2.27. The first-order valence-electron chi connectivity index (χ1n) is 8.77. The van der Waals surface area contributed by atoms with Gasteiger partial charge in [-0.3, -0.25) is 14.9 Å². The molecule has 3 heterocycles. The van der Waals surface area contributed by atoms with Crippen LogP contribution in [0.25, 0.3) is 22.5 Å². The number of amides is 2. The molecule has 0 bridgehead atoms. The smallest absolute Gasteiger partial charge is 0.295 e. The van der Waals surface area contributed by atoms with Gasteiger partial charge in [-0.15, -0.1) is 11.3 Å². The molecule has 0 spiro atoms. The molecule has 0 fully saturated rings. The number of nitrogens with one attached hydrogen (secondary N) is 3. The maximum absolute atomic E-state index is 12.8. The fourth-order valence-electron chi connectivity index (χ4n) is 2.71. The molecule has 0 aliphatic rings. The van der Waals surface area contributed by atoms with Gasteiger partial charge in [0.1, 0.15) is 11.5 Å². The Bertz CT molecular complexity index is 1230. The molecule has 0 saturated carbocycles. The number of H-pyrrole nitrogens is 1. The fourth-order valence-corrected chi connectivity index (χ4v) is 3.40. The molecule has 8 nitrogen and oxygen atoms in total. The number of carbonyl (C=O) groups excluding carboxylic acids is 2. The summed E-state index contributed by atoms with van der Waals surface area (Å²) in [5.74, 6) is 0.0471. The third-order valence-corrected chi connectivity index (χ3v) is 4.88. The van der Waals surface area contributed by atoms with Crippen LogP contribution < -0.4 is 10.6 Å². The highest BCUT2D eigenvalue weighted by atomic mass is 32.1. The van der Waals surface area contributed by atoms with Crippen molar-refractivity contribution in [1.82, 2.24) is 20.3 Å². The molecular weight excluding hydrogens is 416 g/mol. The molecule has 11 heteroatoms. The second kappa shape index (κ2) is 8.03. The van der Waals surface area contributed by atoms with Crippen LogP contribution >= 0.6 is 11.3 Å². The summed E-state index contributed by atoms with van der Waals surface area (Å²) >= 11 is 1.21. The number of thiazole rings is 1. The second-order valence-electron chi connectivity index (χ2n) is 6.32. The molecule has 154 valence electrons. The second-order valence-corrected chi connectivity index (χ2v) is 7.18. The van der Waals surface area contributed by atoms with Gasteiger partial charge in [0.05, 0.1) is 17.6 Å². The number of carbonyl (C=O) groups is 2. The van der Waals surface area contributed by atoms with Crippen LogP contribution in [0.2, 0.25) is 0 Å². The van der Waals surface area contributed by atoms with Gasteiger partial charge in [0.25, 0.3) is 12.3 Å². The van der Waals surface area contributed by atoms with Crippen molar-refractivity contribution >= 4 is 39.3 Å². The molecule has 2 amide bonds. The lowest BCUT2D eigenvalue weighted by molar-refractivity contribution is -0.119. The Balaban J connectivity index is 1.46. The Morgan fingerprint density at radius 1 is 1.23 bits per heavy atom. The molecule has 0 saturated heterocycles. The Morgan fingerprint density at radius 2 is 2.07 bits per heavy atom. The summed E-state index contributed by atoms with van der Waals surface area (Å²) in [6, 6.07) is 7.92. The number of hydrogen-bond acceptors (Lipinski definition) is 6. The number of alkyl halides is 2. The molecule has 0 aliphatic carbocycles. The monoisotopic (exact) mass is 431 g/mol. The van der Waals surface area contributed by atoms with E-state index in [1.165, 1.54) is 36.5 Å². The fraction of sp³-hybridized carbons (Fsp3) is 0.158. The minimum absolute atomic E-state index is 0.162. The van der Waals surface area contributed by atoms with Crippen LogP contribution in [0.5, 0.6) is 0 Å². The molecule has 3 N–H and O–H groups in total. The number of imidazole rings is 1. The minimum atomic E-state index is -2.72. The van der Waals surface area contributed by atoms with E-state index in [1.54, 1.807) is 17.5 Å². The van der Waals surface area contributed by atoms with E-state index in [0.717, 1.165) is 0 Å². The predicted molar refractivity (Wildman–Crippen MR) is 106 cm³/mol. The van der Waals surface area contributed by atoms with Crippen molar-refractivity contribution in [2.75, 3.05) is 5.32 Å². The zero-order valence-electron chi connectivity index (χ0n) is 15.5. The van der Waals surface area contributed by atoms with E-state index < -0.39 is 18.2 Å². The van der Waals surface area contributed by atoms with E-state index >= 15 is 0 Å². The van der Waals surface area contributed by atoms with Gasteiger partial charge < -0.3 is 14.7 Å². The number of halogens is 2. The Hall–Kier alpha value is -3.60. The van der Waals surface area contributed by atoms with Crippen LogP contribution in [0.15, 0.2) is 40.1 Å².